The van der Waals surface area contributed by atoms with E-state index in [1.165, 1.54) is 11.5 Å². The van der Waals surface area contributed by atoms with Gasteiger partial charge in [-0.25, -0.2) is 9.17 Å². The van der Waals surface area contributed by atoms with Crippen molar-refractivity contribution in [2.45, 2.75) is 20.8 Å². The molecule has 4 aromatic rings. The third-order valence-electron chi connectivity index (χ3n) is 4.31. The van der Waals surface area contributed by atoms with E-state index in [1.807, 2.05) is 33.0 Å². The highest BCUT2D eigenvalue weighted by Crippen LogP contribution is 2.37. The number of aromatic nitrogens is 4. The molecular formula is C17H16N4O2S. The molecule has 24 heavy (non-hydrogen) atoms. The van der Waals surface area contributed by atoms with Crippen LogP contribution in [0.25, 0.3) is 32.6 Å². The molecule has 7 heteroatoms. The van der Waals surface area contributed by atoms with Crippen LogP contribution in [0.15, 0.2) is 27.6 Å². The number of H-pyrrole nitrogens is 1. The molecule has 0 unspecified atom stereocenters. The van der Waals surface area contributed by atoms with E-state index >= 15 is 0 Å². The van der Waals surface area contributed by atoms with Crippen LogP contribution in [0.4, 0.5) is 0 Å². The van der Waals surface area contributed by atoms with Gasteiger partial charge < -0.3 is 9.51 Å². The van der Waals surface area contributed by atoms with Crippen LogP contribution in [0.1, 0.15) is 17.0 Å². The quantitative estimate of drug-likeness (QED) is 0.605. The number of rotatable bonds is 2. The molecule has 3 heterocycles. The Bertz CT molecular complexity index is 1110. The second kappa shape index (κ2) is 5.17. The molecule has 0 bridgehead atoms. The summed E-state index contributed by atoms with van der Waals surface area (Å²) in [4.78, 5) is 16.1. The molecule has 0 aliphatic rings. The summed E-state index contributed by atoms with van der Waals surface area (Å²) >= 11 is 1.43. The minimum atomic E-state index is -0.135. The van der Waals surface area contributed by atoms with E-state index in [9.17, 15) is 4.79 Å². The normalized spacial score (nSPS) is 11.5. The highest BCUT2D eigenvalue weighted by molar-refractivity contribution is 7.09. The Balaban J connectivity index is 2.13. The lowest BCUT2D eigenvalue weighted by atomic mass is 9.99. The Labute approximate surface area is 141 Å². The summed E-state index contributed by atoms with van der Waals surface area (Å²) in [7, 11) is 1.77. The van der Waals surface area contributed by atoms with E-state index in [1.54, 1.807) is 11.6 Å². The van der Waals surface area contributed by atoms with Crippen LogP contribution >= 0.6 is 11.5 Å². The number of benzene rings is 1. The van der Waals surface area contributed by atoms with Gasteiger partial charge in [0.15, 0.2) is 0 Å². The summed E-state index contributed by atoms with van der Waals surface area (Å²) in [5, 5.41) is 4.04. The molecular weight excluding hydrogens is 324 g/mol. The van der Waals surface area contributed by atoms with Crippen molar-refractivity contribution in [1.29, 1.82) is 0 Å². The van der Waals surface area contributed by atoms with E-state index in [0.29, 0.717) is 0 Å². The van der Waals surface area contributed by atoms with Gasteiger partial charge >= 0.3 is 5.69 Å². The number of hydrogen-bond acceptors (Lipinski definition) is 5. The highest BCUT2D eigenvalue weighted by Gasteiger charge is 2.19. The summed E-state index contributed by atoms with van der Waals surface area (Å²) in [6.07, 6.45) is 1.85. The monoisotopic (exact) mass is 340 g/mol. The molecule has 0 aliphatic carbocycles. The fraction of sp³-hybridized carbons (Fsp3) is 0.235. The number of imidazole rings is 1. The zero-order valence-electron chi connectivity index (χ0n) is 13.8. The minimum absolute atomic E-state index is 0.135. The first-order chi connectivity index (χ1) is 11.5. The SMILES string of the molecule is Cc1cnsc1-c1cc(-c2c(C)noc2C)cc2[nH]c(=O)n(C)c12. The molecule has 0 saturated heterocycles. The van der Waals surface area contributed by atoms with Gasteiger partial charge in [-0.1, -0.05) is 5.16 Å². The predicted octanol–water partition coefficient (Wildman–Crippen LogP) is 3.57. The van der Waals surface area contributed by atoms with Gasteiger partial charge in [-0.15, -0.1) is 0 Å². The summed E-state index contributed by atoms with van der Waals surface area (Å²) in [6.45, 7) is 5.84. The molecule has 0 amide bonds. The molecule has 0 aliphatic heterocycles. The third kappa shape index (κ3) is 2.05. The lowest BCUT2D eigenvalue weighted by Gasteiger charge is -2.08. The average Bonchev–Trinajstić information content (AvgIpc) is 3.19. The van der Waals surface area contributed by atoms with E-state index in [-0.39, 0.29) is 5.69 Å². The first-order valence-electron chi connectivity index (χ1n) is 7.55. The number of fused-ring (bicyclic) bond motifs is 1. The maximum Gasteiger partial charge on any atom is 0.326 e. The lowest BCUT2D eigenvalue weighted by Crippen LogP contribution is -2.12. The Morgan fingerprint density at radius 2 is 2.04 bits per heavy atom. The average molecular weight is 340 g/mol. The topological polar surface area (TPSA) is 76.7 Å². The van der Waals surface area contributed by atoms with Crippen LogP contribution in [0, 0.1) is 20.8 Å². The number of nitrogens with zero attached hydrogens (tertiary/aromatic N) is 3. The van der Waals surface area contributed by atoms with Crippen molar-refractivity contribution in [3.05, 3.63) is 45.8 Å². The fourth-order valence-corrected chi connectivity index (χ4v) is 3.92. The molecule has 1 aromatic carbocycles. The number of nitrogens with one attached hydrogen (secondary N) is 1. The van der Waals surface area contributed by atoms with Gasteiger partial charge in [0.1, 0.15) is 5.76 Å². The number of aromatic amines is 1. The Kier molecular flexibility index (Phi) is 3.21. The summed E-state index contributed by atoms with van der Waals surface area (Å²) < 4.78 is 11.2. The van der Waals surface area contributed by atoms with Crippen LogP contribution < -0.4 is 5.69 Å². The molecule has 4 rings (SSSR count). The summed E-state index contributed by atoms with van der Waals surface area (Å²) in [6, 6.07) is 4.06. The van der Waals surface area contributed by atoms with Crippen molar-refractivity contribution in [1.82, 2.24) is 19.1 Å². The second-order valence-corrected chi connectivity index (χ2v) is 6.75. The number of hydrogen-bond donors (Lipinski definition) is 1. The first-order valence-corrected chi connectivity index (χ1v) is 8.32. The maximum absolute atomic E-state index is 12.1. The third-order valence-corrected chi connectivity index (χ3v) is 5.24. The smallest absolute Gasteiger partial charge is 0.326 e. The first kappa shape index (κ1) is 14.9. The molecule has 3 aromatic heterocycles. The maximum atomic E-state index is 12.1. The van der Waals surface area contributed by atoms with Crippen molar-refractivity contribution in [2.24, 2.45) is 7.05 Å². The highest BCUT2D eigenvalue weighted by atomic mass is 32.1. The zero-order chi connectivity index (χ0) is 17.0. The van der Waals surface area contributed by atoms with Crippen LogP contribution in [0.2, 0.25) is 0 Å². The standard InChI is InChI=1S/C17H16N4O2S/c1-8-7-18-24-16(8)12-5-11(14-9(2)20-23-10(14)3)6-13-15(12)21(4)17(22)19-13/h5-7H,1-4H3,(H,19,22). The Hall–Kier alpha value is -2.67. The predicted molar refractivity (Wildman–Crippen MR) is 94.4 cm³/mol. The molecule has 122 valence electrons. The van der Waals surface area contributed by atoms with Crippen LogP contribution in [-0.4, -0.2) is 19.1 Å². The molecule has 1 N–H and O–H groups in total. The molecule has 0 atom stereocenters. The van der Waals surface area contributed by atoms with Crippen LogP contribution in [-0.2, 0) is 7.05 Å². The second-order valence-electron chi connectivity index (χ2n) is 5.95. The molecule has 0 spiro atoms. The summed E-state index contributed by atoms with van der Waals surface area (Å²) in [5.74, 6) is 0.761. The molecule has 0 saturated carbocycles. The van der Waals surface area contributed by atoms with Crippen molar-refractivity contribution in [2.75, 3.05) is 0 Å². The van der Waals surface area contributed by atoms with Gasteiger partial charge in [0.2, 0.25) is 0 Å². The van der Waals surface area contributed by atoms with Crippen LogP contribution in [0.5, 0.6) is 0 Å². The van der Waals surface area contributed by atoms with Crippen molar-refractivity contribution in [3.8, 4) is 21.6 Å². The lowest BCUT2D eigenvalue weighted by molar-refractivity contribution is 0.393. The van der Waals surface area contributed by atoms with Gasteiger partial charge in [0.05, 0.1) is 21.6 Å². The summed E-state index contributed by atoms with van der Waals surface area (Å²) in [5.41, 5.74) is 6.38. The van der Waals surface area contributed by atoms with E-state index in [2.05, 4.69) is 20.6 Å². The van der Waals surface area contributed by atoms with Gasteiger partial charge in [-0.2, -0.15) is 0 Å². The van der Waals surface area contributed by atoms with Gasteiger partial charge in [0.25, 0.3) is 0 Å². The van der Waals surface area contributed by atoms with E-state index in [0.717, 1.165) is 49.6 Å². The fourth-order valence-electron chi connectivity index (χ4n) is 3.15. The zero-order valence-corrected chi connectivity index (χ0v) is 14.6. The van der Waals surface area contributed by atoms with Crippen molar-refractivity contribution >= 4 is 22.6 Å². The van der Waals surface area contributed by atoms with Gasteiger partial charge in [-0.3, -0.25) is 4.57 Å². The molecule has 0 fully saturated rings. The van der Waals surface area contributed by atoms with E-state index < -0.39 is 0 Å². The minimum Gasteiger partial charge on any atom is -0.361 e. The van der Waals surface area contributed by atoms with E-state index in [4.69, 9.17) is 4.52 Å². The molecule has 6 nitrogen and oxygen atoms in total. The van der Waals surface area contributed by atoms with Crippen molar-refractivity contribution < 1.29 is 4.52 Å². The van der Waals surface area contributed by atoms with Crippen LogP contribution in [0.3, 0.4) is 0 Å². The van der Waals surface area contributed by atoms with Gasteiger partial charge in [0, 0.05) is 24.4 Å². The largest absolute Gasteiger partial charge is 0.361 e. The number of aryl methyl sites for hydroxylation is 4. The Morgan fingerprint density at radius 1 is 1.25 bits per heavy atom. The van der Waals surface area contributed by atoms with Crippen molar-refractivity contribution in [3.63, 3.8) is 0 Å². The van der Waals surface area contributed by atoms with Gasteiger partial charge in [-0.05, 0) is 55.6 Å². The Morgan fingerprint density at radius 3 is 2.67 bits per heavy atom. The molecule has 0 radical (unpaired) electrons.